The van der Waals surface area contributed by atoms with Crippen molar-refractivity contribution in [3.8, 4) is 6.07 Å². The van der Waals surface area contributed by atoms with Crippen molar-refractivity contribution in [2.75, 3.05) is 13.1 Å². The van der Waals surface area contributed by atoms with Crippen molar-refractivity contribution in [3.63, 3.8) is 0 Å². The number of hydrogen-bond acceptors (Lipinski definition) is 4. The van der Waals surface area contributed by atoms with Crippen LogP contribution in [0.5, 0.6) is 0 Å². The summed E-state index contributed by atoms with van der Waals surface area (Å²) in [7, 11) is 0. The average Bonchev–Trinajstić information content (AvgIpc) is 3.13. The third kappa shape index (κ3) is 3.93. The normalized spacial score (nSPS) is 24.9. The fraction of sp³-hybridized carbons (Fsp3) is 0.591. The molecule has 1 spiro atoms. The summed E-state index contributed by atoms with van der Waals surface area (Å²) in [4.78, 5) is 18.6. The Morgan fingerprint density at radius 3 is 2.93 bits per heavy atom. The standard InChI is InChI=1S/C22H27FN4O2/c1-21(2,3)12-27-13-22(29-20(27)28)6-4-5-15(9-22)11-26-14-25-18-8-17(23)16(10-24)7-19(18)26/h7-8,14-15H,4-6,9,11-13H2,1-3H3/t15-,22-/m0/s1. The highest BCUT2D eigenvalue weighted by Gasteiger charge is 2.48. The lowest BCUT2D eigenvalue weighted by Gasteiger charge is -2.36. The summed E-state index contributed by atoms with van der Waals surface area (Å²) in [5, 5.41) is 9.12. The van der Waals surface area contributed by atoms with Gasteiger partial charge in [-0.15, -0.1) is 0 Å². The van der Waals surface area contributed by atoms with Crippen molar-refractivity contribution in [1.29, 1.82) is 5.26 Å². The van der Waals surface area contributed by atoms with Crippen LogP contribution in [0.25, 0.3) is 11.0 Å². The molecule has 6 nitrogen and oxygen atoms in total. The summed E-state index contributed by atoms with van der Waals surface area (Å²) < 4.78 is 21.7. The van der Waals surface area contributed by atoms with Crippen LogP contribution < -0.4 is 0 Å². The van der Waals surface area contributed by atoms with Crippen LogP contribution in [0.1, 0.15) is 52.0 Å². The van der Waals surface area contributed by atoms with E-state index in [4.69, 9.17) is 10.00 Å². The number of halogens is 1. The van der Waals surface area contributed by atoms with Gasteiger partial charge in [-0.3, -0.25) is 0 Å². The second kappa shape index (κ2) is 7.01. The lowest BCUT2D eigenvalue weighted by atomic mass is 9.77. The van der Waals surface area contributed by atoms with E-state index in [-0.39, 0.29) is 17.1 Å². The summed E-state index contributed by atoms with van der Waals surface area (Å²) in [5.74, 6) is -0.210. The number of fused-ring (bicyclic) bond motifs is 1. The van der Waals surface area contributed by atoms with Gasteiger partial charge in [0.05, 0.1) is 29.5 Å². The van der Waals surface area contributed by atoms with Crippen molar-refractivity contribution < 1.29 is 13.9 Å². The van der Waals surface area contributed by atoms with Gasteiger partial charge in [0.2, 0.25) is 0 Å². The van der Waals surface area contributed by atoms with Crippen LogP contribution in [-0.4, -0.2) is 39.2 Å². The average molecular weight is 398 g/mol. The van der Waals surface area contributed by atoms with Gasteiger partial charge in [0.1, 0.15) is 17.5 Å². The molecule has 0 unspecified atom stereocenters. The first kappa shape index (κ1) is 19.7. The molecule has 2 heterocycles. The molecule has 1 saturated heterocycles. The Bertz CT molecular complexity index is 987. The number of aromatic nitrogens is 2. The maximum atomic E-state index is 13.9. The molecular formula is C22H27FN4O2. The molecule has 2 atom stereocenters. The van der Waals surface area contributed by atoms with Gasteiger partial charge in [-0.25, -0.2) is 14.2 Å². The minimum absolute atomic E-state index is 0.0295. The van der Waals surface area contributed by atoms with Gasteiger partial charge >= 0.3 is 6.09 Å². The van der Waals surface area contributed by atoms with Crippen LogP contribution in [0.15, 0.2) is 18.5 Å². The third-order valence-corrected chi connectivity index (χ3v) is 5.90. The topological polar surface area (TPSA) is 71.2 Å². The molecule has 1 aromatic heterocycles. The van der Waals surface area contributed by atoms with E-state index in [0.717, 1.165) is 31.2 Å². The number of benzene rings is 1. The summed E-state index contributed by atoms with van der Waals surface area (Å²) >= 11 is 0. The Morgan fingerprint density at radius 1 is 1.41 bits per heavy atom. The molecule has 2 aliphatic rings. The van der Waals surface area contributed by atoms with E-state index < -0.39 is 11.4 Å². The molecule has 1 aliphatic carbocycles. The van der Waals surface area contributed by atoms with E-state index in [1.54, 1.807) is 12.4 Å². The Balaban J connectivity index is 1.51. The highest BCUT2D eigenvalue weighted by molar-refractivity contribution is 5.77. The number of imidazole rings is 1. The van der Waals surface area contributed by atoms with Gasteiger partial charge in [-0.2, -0.15) is 5.26 Å². The maximum Gasteiger partial charge on any atom is 0.410 e. The minimum Gasteiger partial charge on any atom is -0.441 e. The van der Waals surface area contributed by atoms with Gasteiger partial charge in [-0.05, 0) is 43.1 Å². The highest BCUT2D eigenvalue weighted by Crippen LogP contribution is 2.41. The predicted octanol–water partition coefficient (Wildman–Crippen LogP) is 4.47. The van der Waals surface area contributed by atoms with E-state index >= 15 is 0 Å². The van der Waals surface area contributed by atoms with Gasteiger partial charge in [0.25, 0.3) is 0 Å². The van der Waals surface area contributed by atoms with Gasteiger partial charge in [0, 0.05) is 19.2 Å². The Labute approximate surface area is 170 Å². The van der Waals surface area contributed by atoms with Crippen LogP contribution in [0.4, 0.5) is 9.18 Å². The number of amides is 1. The number of nitrogens with zero attached hydrogens (tertiary/aromatic N) is 4. The lowest BCUT2D eigenvalue weighted by Crippen LogP contribution is -2.41. The molecule has 0 N–H and O–H groups in total. The molecule has 2 fully saturated rings. The van der Waals surface area contributed by atoms with Crippen LogP contribution in [0.2, 0.25) is 0 Å². The van der Waals surface area contributed by atoms with E-state index in [1.807, 2.05) is 15.5 Å². The Kier molecular flexibility index (Phi) is 4.76. The number of carbonyl (C=O) groups excluding carboxylic acids is 1. The number of ether oxygens (including phenoxy) is 1. The summed E-state index contributed by atoms with van der Waals surface area (Å²) in [6.07, 6.45) is 5.26. The van der Waals surface area contributed by atoms with Crippen LogP contribution >= 0.6 is 0 Å². The van der Waals surface area contributed by atoms with Crippen LogP contribution in [0.3, 0.4) is 0 Å². The summed E-state index contributed by atoms with van der Waals surface area (Å²) in [6.45, 7) is 8.42. The molecule has 1 saturated carbocycles. The first-order chi connectivity index (χ1) is 13.7. The summed E-state index contributed by atoms with van der Waals surface area (Å²) in [5.41, 5.74) is 0.964. The smallest absolute Gasteiger partial charge is 0.410 e. The summed E-state index contributed by atoms with van der Waals surface area (Å²) in [6, 6.07) is 4.78. The molecule has 4 rings (SSSR count). The number of nitriles is 1. The second-order valence-corrected chi connectivity index (χ2v) is 9.76. The van der Waals surface area contributed by atoms with Crippen molar-refractivity contribution >= 4 is 17.1 Å². The van der Waals surface area contributed by atoms with E-state index in [1.165, 1.54) is 6.07 Å². The SMILES string of the molecule is CC(C)(C)CN1C[C@@]2(CCC[C@H](Cn3cnc4cc(F)c(C#N)cc43)C2)OC1=O. The number of rotatable bonds is 3. The van der Waals surface area contributed by atoms with Crippen LogP contribution in [0, 0.1) is 28.5 Å². The van der Waals surface area contributed by atoms with Crippen molar-refractivity contribution in [1.82, 2.24) is 14.5 Å². The third-order valence-electron chi connectivity index (χ3n) is 5.90. The number of carbonyl (C=O) groups is 1. The van der Waals surface area contributed by atoms with E-state index in [9.17, 15) is 9.18 Å². The molecule has 2 aromatic rings. The van der Waals surface area contributed by atoms with Crippen molar-refractivity contribution in [3.05, 3.63) is 29.8 Å². The number of hydrogen-bond donors (Lipinski definition) is 0. The van der Waals surface area contributed by atoms with Gasteiger partial charge in [-0.1, -0.05) is 20.8 Å². The predicted molar refractivity (Wildman–Crippen MR) is 107 cm³/mol. The molecule has 154 valence electrons. The minimum atomic E-state index is -0.543. The lowest BCUT2D eigenvalue weighted by molar-refractivity contribution is 0.00413. The van der Waals surface area contributed by atoms with E-state index in [0.29, 0.717) is 31.1 Å². The quantitative estimate of drug-likeness (QED) is 0.765. The molecule has 29 heavy (non-hydrogen) atoms. The Morgan fingerprint density at radius 2 is 2.21 bits per heavy atom. The largest absolute Gasteiger partial charge is 0.441 e. The molecule has 0 radical (unpaired) electrons. The second-order valence-electron chi connectivity index (χ2n) is 9.76. The highest BCUT2D eigenvalue weighted by atomic mass is 19.1. The molecule has 1 aliphatic heterocycles. The van der Waals surface area contributed by atoms with Crippen LogP contribution in [-0.2, 0) is 11.3 Å². The fourth-order valence-corrected chi connectivity index (χ4v) is 4.81. The molecule has 0 bridgehead atoms. The molecule has 7 heteroatoms. The van der Waals surface area contributed by atoms with E-state index in [2.05, 4.69) is 25.8 Å². The fourth-order valence-electron chi connectivity index (χ4n) is 4.81. The Hall–Kier alpha value is -2.62. The van der Waals surface area contributed by atoms with Gasteiger partial charge < -0.3 is 14.2 Å². The molecule has 1 amide bonds. The molecular weight excluding hydrogens is 371 g/mol. The van der Waals surface area contributed by atoms with Crippen molar-refractivity contribution in [2.24, 2.45) is 11.3 Å². The molecule has 1 aromatic carbocycles. The zero-order chi connectivity index (χ0) is 20.8. The monoisotopic (exact) mass is 398 g/mol. The zero-order valence-corrected chi connectivity index (χ0v) is 17.2. The zero-order valence-electron chi connectivity index (χ0n) is 17.2. The van der Waals surface area contributed by atoms with Crippen molar-refractivity contribution in [2.45, 2.75) is 58.6 Å². The first-order valence-electron chi connectivity index (χ1n) is 10.2. The van der Waals surface area contributed by atoms with Gasteiger partial charge in [0.15, 0.2) is 0 Å². The first-order valence-corrected chi connectivity index (χ1v) is 10.2. The maximum absolute atomic E-state index is 13.9.